The zero-order chi connectivity index (χ0) is 8.55. The predicted molar refractivity (Wildman–Crippen MR) is 53.4 cm³/mol. The van der Waals surface area contributed by atoms with E-state index >= 15 is 0 Å². The van der Waals surface area contributed by atoms with Gasteiger partial charge in [0, 0.05) is 3.57 Å². The first-order valence-corrected chi connectivity index (χ1v) is 4.48. The molecule has 12 heavy (non-hydrogen) atoms. The second kappa shape index (κ2) is 2.85. The average Bonchev–Trinajstić information content (AvgIpc) is 2.04. The minimum atomic E-state index is 0.658. The Morgan fingerprint density at radius 2 is 2.25 bits per heavy atom. The van der Waals surface area contributed by atoms with Crippen molar-refractivity contribution in [1.82, 2.24) is 4.98 Å². The molecule has 2 aromatic rings. The number of halogens is 1. The van der Waals surface area contributed by atoms with E-state index in [0.717, 1.165) is 13.7 Å². The molecule has 0 atom stereocenters. The second-order valence-electron chi connectivity index (χ2n) is 2.42. The lowest BCUT2D eigenvalue weighted by molar-refractivity contribution is -0.580. The molecule has 1 aromatic heterocycles. The van der Waals surface area contributed by atoms with Gasteiger partial charge >= 0.3 is 0 Å². The Hall–Kier alpha value is -0.910. The first-order valence-electron chi connectivity index (χ1n) is 3.40. The number of fused-ring (bicyclic) bond motifs is 1. The van der Waals surface area contributed by atoms with Crippen LogP contribution in [0.2, 0.25) is 0 Å². The van der Waals surface area contributed by atoms with E-state index in [0.29, 0.717) is 5.52 Å². The molecule has 1 heterocycles. The molecular weight excluding hydrogens is 267 g/mol. The number of hydrogen-bond acceptors (Lipinski definition) is 2. The summed E-state index contributed by atoms with van der Waals surface area (Å²) in [7, 11) is 0. The Balaban J connectivity index is 2.86. The number of nitrogens with zero attached hydrogens (tertiary/aromatic N) is 2. The number of aromatic nitrogens is 2. The van der Waals surface area contributed by atoms with Gasteiger partial charge in [0.2, 0.25) is 0 Å². The largest absolute Gasteiger partial charge is 0.710 e. The summed E-state index contributed by atoms with van der Waals surface area (Å²) in [4.78, 5) is 3.80. The third-order valence-corrected chi connectivity index (χ3v) is 2.28. The lowest BCUT2D eigenvalue weighted by atomic mass is 10.2. The van der Waals surface area contributed by atoms with Crippen LogP contribution in [-0.2, 0) is 0 Å². The van der Waals surface area contributed by atoms with Crippen LogP contribution in [0.25, 0.3) is 10.9 Å². The Labute approximate surface area is 82.8 Å². The van der Waals surface area contributed by atoms with Gasteiger partial charge in [0.1, 0.15) is 5.52 Å². The Kier molecular flexibility index (Phi) is 1.84. The summed E-state index contributed by atoms with van der Waals surface area (Å²) < 4.78 is 1.87. The fourth-order valence-electron chi connectivity index (χ4n) is 1.07. The Morgan fingerprint density at radius 3 is 3.08 bits per heavy atom. The normalized spacial score (nSPS) is 10.4. The molecule has 0 fully saturated rings. The third-order valence-electron chi connectivity index (χ3n) is 1.61. The molecule has 0 saturated heterocycles. The van der Waals surface area contributed by atoms with Crippen LogP contribution in [0.5, 0.6) is 0 Å². The maximum absolute atomic E-state index is 11.1. The molecule has 0 bridgehead atoms. The van der Waals surface area contributed by atoms with Gasteiger partial charge in [-0.05, 0) is 40.8 Å². The van der Waals surface area contributed by atoms with Gasteiger partial charge in [0.05, 0.1) is 5.39 Å². The molecule has 60 valence electrons. The van der Waals surface area contributed by atoms with E-state index in [2.05, 4.69) is 27.6 Å². The average molecular weight is 272 g/mol. The quantitative estimate of drug-likeness (QED) is 0.414. The van der Waals surface area contributed by atoms with Crippen molar-refractivity contribution in [3.05, 3.63) is 39.5 Å². The first kappa shape index (κ1) is 7.72. The summed E-state index contributed by atoms with van der Waals surface area (Å²) in [5.74, 6) is 0. The van der Waals surface area contributed by atoms with Crippen molar-refractivity contribution in [1.29, 1.82) is 0 Å². The number of hydrogen-bond donors (Lipinski definition) is 0. The minimum absolute atomic E-state index is 0.658. The molecule has 0 aliphatic carbocycles. The summed E-state index contributed by atoms with van der Waals surface area (Å²) in [6.45, 7) is 0. The van der Waals surface area contributed by atoms with E-state index in [4.69, 9.17) is 0 Å². The molecule has 0 spiro atoms. The number of benzene rings is 1. The summed E-state index contributed by atoms with van der Waals surface area (Å²) in [6, 6.07) is 5.63. The fraction of sp³-hybridized carbons (Fsp3) is 0. The van der Waals surface area contributed by atoms with Gasteiger partial charge in [0.15, 0.2) is 6.20 Å². The highest BCUT2D eigenvalue weighted by molar-refractivity contribution is 14.1. The van der Waals surface area contributed by atoms with Crippen molar-refractivity contribution in [2.75, 3.05) is 0 Å². The van der Waals surface area contributed by atoms with E-state index < -0.39 is 0 Å². The highest BCUT2D eigenvalue weighted by atomic mass is 127. The van der Waals surface area contributed by atoms with E-state index in [9.17, 15) is 5.21 Å². The molecular formula is C8H5IN2O. The maximum atomic E-state index is 11.1. The van der Waals surface area contributed by atoms with Crippen LogP contribution in [0.4, 0.5) is 0 Å². The van der Waals surface area contributed by atoms with Gasteiger partial charge in [-0.3, -0.25) is 0 Å². The third kappa shape index (κ3) is 1.22. The van der Waals surface area contributed by atoms with Crippen molar-refractivity contribution in [2.45, 2.75) is 0 Å². The van der Waals surface area contributed by atoms with Gasteiger partial charge in [-0.15, -0.1) is 0 Å². The van der Waals surface area contributed by atoms with Crippen molar-refractivity contribution in [3.8, 4) is 0 Å². The minimum Gasteiger partial charge on any atom is -0.710 e. The lowest BCUT2D eigenvalue weighted by Gasteiger charge is -2.02. The van der Waals surface area contributed by atoms with Crippen LogP contribution in [0.15, 0.2) is 30.7 Å². The Bertz CT molecular complexity index is 430. The molecule has 0 aliphatic rings. The van der Waals surface area contributed by atoms with Gasteiger partial charge < -0.3 is 5.21 Å². The zero-order valence-electron chi connectivity index (χ0n) is 6.07. The molecule has 1 aromatic carbocycles. The van der Waals surface area contributed by atoms with Crippen LogP contribution >= 0.6 is 22.6 Å². The monoisotopic (exact) mass is 272 g/mol. The number of rotatable bonds is 0. The van der Waals surface area contributed by atoms with E-state index in [1.165, 1.54) is 6.33 Å². The lowest BCUT2D eigenvalue weighted by Crippen LogP contribution is -2.26. The summed E-state index contributed by atoms with van der Waals surface area (Å²) >= 11 is 2.20. The van der Waals surface area contributed by atoms with Crippen molar-refractivity contribution < 1.29 is 4.73 Å². The summed E-state index contributed by atoms with van der Waals surface area (Å²) in [5, 5.41) is 12.0. The van der Waals surface area contributed by atoms with Crippen molar-refractivity contribution in [3.63, 3.8) is 0 Å². The molecule has 0 unspecified atom stereocenters. The van der Waals surface area contributed by atoms with E-state index in [1.54, 1.807) is 12.3 Å². The van der Waals surface area contributed by atoms with Crippen LogP contribution in [0.1, 0.15) is 0 Å². The molecule has 0 amide bonds. The highest BCUT2D eigenvalue weighted by Gasteiger charge is 2.00. The summed E-state index contributed by atoms with van der Waals surface area (Å²) in [5.41, 5.74) is 0.658. The molecule has 2 rings (SSSR count). The second-order valence-corrected chi connectivity index (χ2v) is 3.67. The SMILES string of the molecule is [O-][n+]1cncc2cc(I)ccc21. The van der Waals surface area contributed by atoms with Crippen LogP contribution in [0, 0.1) is 8.78 Å². The molecule has 0 saturated carbocycles. The zero-order valence-corrected chi connectivity index (χ0v) is 8.22. The van der Waals surface area contributed by atoms with Crippen LogP contribution < -0.4 is 4.73 Å². The molecule has 0 N–H and O–H groups in total. The van der Waals surface area contributed by atoms with Crippen molar-refractivity contribution in [2.24, 2.45) is 0 Å². The molecule has 0 radical (unpaired) electrons. The maximum Gasteiger partial charge on any atom is 0.289 e. The molecule has 0 aliphatic heterocycles. The molecule has 4 heteroatoms. The first-order chi connectivity index (χ1) is 5.77. The fourth-order valence-corrected chi connectivity index (χ4v) is 1.58. The smallest absolute Gasteiger partial charge is 0.289 e. The topological polar surface area (TPSA) is 39.8 Å². The standard InChI is InChI=1S/C8H5IN2O/c9-7-1-2-8-6(3-7)4-10-5-11(8)12/h1-5H. The predicted octanol–water partition coefficient (Wildman–Crippen LogP) is 1.47. The van der Waals surface area contributed by atoms with Gasteiger partial charge in [-0.2, -0.15) is 0 Å². The Morgan fingerprint density at radius 1 is 1.42 bits per heavy atom. The van der Waals surface area contributed by atoms with Crippen molar-refractivity contribution >= 4 is 33.5 Å². The van der Waals surface area contributed by atoms with Gasteiger partial charge in [-0.1, -0.05) is 4.98 Å². The van der Waals surface area contributed by atoms with Gasteiger partial charge in [0.25, 0.3) is 6.33 Å². The molecule has 3 nitrogen and oxygen atoms in total. The van der Waals surface area contributed by atoms with E-state index in [1.807, 2.05) is 12.1 Å². The summed E-state index contributed by atoms with van der Waals surface area (Å²) in [6.07, 6.45) is 2.95. The van der Waals surface area contributed by atoms with Crippen LogP contribution in [-0.4, -0.2) is 4.98 Å². The van der Waals surface area contributed by atoms with Gasteiger partial charge in [-0.25, -0.2) is 4.73 Å². The highest BCUT2D eigenvalue weighted by Crippen LogP contribution is 2.12. The van der Waals surface area contributed by atoms with E-state index in [-0.39, 0.29) is 0 Å². The van der Waals surface area contributed by atoms with Crippen LogP contribution in [0.3, 0.4) is 0 Å².